The Hall–Kier alpha value is -2.22. The summed E-state index contributed by atoms with van der Waals surface area (Å²) in [5.41, 5.74) is 2.99. The number of aliphatic hydroxyl groups excluding tert-OH is 1. The van der Waals surface area contributed by atoms with Crippen molar-refractivity contribution in [3.8, 4) is 5.75 Å². The zero-order valence-corrected chi connectivity index (χ0v) is 20.8. The van der Waals surface area contributed by atoms with Crippen LogP contribution in [0.4, 0.5) is 0 Å². The summed E-state index contributed by atoms with van der Waals surface area (Å²) in [5, 5.41) is 10.7. The Morgan fingerprint density at radius 3 is 2.27 bits per heavy atom. The Labute approximate surface area is 197 Å². The molecular weight excluding hydrogens is 438 g/mol. The molecule has 2 atom stereocenters. The van der Waals surface area contributed by atoms with Crippen molar-refractivity contribution in [3.63, 3.8) is 0 Å². The van der Waals surface area contributed by atoms with Crippen LogP contribution in [0.3, 0.4) is 0 Å². The van der Waals surface area contributed by atoms with Gasteiger partial charge in [-0.1, -0.05) is 45.0 Å². The fourth-order valence-electron chi connectivity index (χ4n) is 4.05. The Morgan fingerprint density at radius 1 is 1.12 bits per heavy atom. The van der Waals surface area contributed by atoms with Gasteiger partial charge in [0.15, 0.2) is 15.6 Å². The molecule has 2 aromatic rings. The van der Waals surface area contributed by atoms with Gasteiger partial charge in [-0.25, -0.2) is 8.42 Å². The van der Waals surface area contributed by atoms with Crippen LogP contribution in [0.2, 0.25) is 0 Å². The number of benzene rings is 2. The van der Waals surface area contributed by atoms with Crippen LogP contribution in [-0.2, 0) is 21.8 Å². The van der Waals surface area contributed by atoms with Crippen LogP contribution < -0.4 is 4.74 Å². The van der Waals surface area contributed by atoms with Crippen molar-refractivity contribution in [3.05, 3.63) is 65.2 Å². The van der Waals surface area contributed by atoms with E-state index in [-0.39, 0.29) is 35.4 Å². The summed E-state index contributed by atoms with van der Waals surface area (Å²) >= 11 is 0. The van der Waals surface area contributed by atoms with Gasteiger partial charge in [0.1, 0.15) is 18.5 Å². The molecule has 33 heavy (non-hydrogen) atoms. The van der Waals surface area contributed by atoms with Gasteiger partial charge in [-0.2, -0.15) is 0 Å². The van der Waals surface area contributed by atoms with E-state index >= 15 is 0 Å². The van der Waals surface area contributed by atoms with E-state index in [1.54, 1.807) is 24.3 Å². The molecule has 2 unspecified atom stereocenters. The van der Waals surface area contributed by atoms with Crippen LogP contribution in [0.5, 0.6) is 5.75 Å². The molecule has 0 bridgehead atoms. The highest BCUT2D eigenvalue weighted by Crippen LogP contribution is 2.24. The molecule has 1 saturated heterocycles. The van der Waals surface area contributed by atoms with E-state index in [1.165, 1.54) is 12.5 Å². The lowest BCUT2D eigenvalue weighted by atomic mass is 9.86. The first-order valence-electron chi connectivity index (χ1n) is 11.4. The summed E-state index contributed by atoms with van der Waals surface area (Å²) in [6.45, 7) is 8.97. The number of nitrogens with zero attached hydrogens (tertiary/aromatic N) is 1. The van der Waals surface area contributed by atoms with Crippen molar-refractivity contribution < 1.29 is 23.1 Å². The number of ether oxygens (including phenoxy) is 1. The number of hydrogen-bond donors (Lipinski definition) is 1. The lowest BCUT2D eigenvalue weighted by Crippen LogP contribution is -2.42. The molecule has 1 aliphatic heterocycles. The molecule has 180 valence electrons. The lowest BCUT2D eigenvalue weighted by molar-refractivity contribution is 0.0524. The van der Waals surface area contributed by atoms with E-state index in [0.717, 1.165) is 5.56 Å². The predicted molar refractivity (Wildman–Crippen MR) is 131 cm³/mol. The smallest absolute Gasteiger partial charge is 0.159 e. The first-order chi connectivity index (χ1) is 15.4. The molecule has 0 saturated carbocycles. The fourth-order valence-corrected chi connectivity index (χ4v) is 5.81. The van der Waals surface area contributed by atoms with Gasteiger partial charge in [-0.15, -0.1) is 0 Å². The highest BCUT2D eigenvalue weighted by atomic mass is 32.2. The van der Waals surface area contributed by atoms with E-state index in [2.05, 4.69) is 49.9 Å². The van der Waals surface area contributed by atoms with Crippen molar-refractivity contribution in [1.82, 2.24) is 4.90 Å². The van der Waals surface area contributed by atoms with E-state index in [0.29, 0.717) is 30.8 Å². The summed E-state index contributed by atoms with van der Waals surface area (Å²) in [7, 11) is -3.04. The Morgan fingerprint density at radius 2 is 1.76 bits per heavy atom. The van der Waals surface area contributed by atoms with Crippen LogP contribution in [0.1, 0.15) is 55.6 Å². The molecule has 1 fully saturated rings. The molecule has 0 spiro atoms. The first kappa shape index (κ1) is 25.4. The fraction of sp³-hybridized carbons (Fsp3) is 0.500. The molecule has 1 heterocycles. The van der Waals surface area contributed by atoms with E-state index in [9.17, 15) is 18.3 Å². The minimum absolute atomic E-state index is 0.0146. The van der Waals surface area contributed by atoms with Crippen molar-refractivity contribution in [2.45, 2.75) is 58.2 Å². The third-order valence-corrected chi connectivity index (χ3v) is 7.83. The number of carbonyl (C=O) groups is 1. The second kappa shape index (κ2) is 10.4. The molecular formula is C26H35NO5S. The molecule has 0 amide bonds. The van der Waals surface area contributed by atoms with Gasteiger partial charge in [-0.3, -0.25) is 9.69 Å². The maximum atomic E-state index is 12.1. The van der Waals surface area contributed by atoms with E-state index in [4.69, 9.17) is 4.74 Å². The lowest BCUT2D eigenvalue weighted by Gasteiger charge is -2.30. The van der Waals surface area contributed by atoms with E-state index < -0.39 is 15.9 Å². The topological polar surface area (TPSA) is 83.9 Å². The summed E-state index contributed by atoms with van der Waals surface area (Å²) < 4.78 is 29.9. The van der Waals surface area contributed by atoms with Crippen LogP contribution in [0.15, 0.2) is 48.5 Å². The molecule has 0 radical (unpaired) electrons. The quantitative estimate of drug-likeness (QED) is 0.560. The standard InChI is InChI=1S/C26H35NO5S/c1-19(28)21-7-11-25(12-8-21)32-17-24(29)16-27(23-13-14-33(30,31)18-23)15-20-5-9-22(10-6-20)26(2,3)4/h5-12,23-24,29H,13-18H2,1-4H3. The number of sulfone groups is 1. The molecule has 1 aliphatic rings. The van der Waals surface area contributed by atoms with E-state index in [1.807, 2.05) is 0 Å². The third-order valence-electron chi connectivity index (χ3n) is 6.08. The summed E-state index contributed by atoms with van der Waals surface area (Å²) in [6, 6.07) is 15.1. The van der Waals surface area contributed by atoms with Crippen molar-refractivity contribution in [1.29, 1.82) is 0 Å². The first-order valence-corrected chi connectivity index (χ1v) is 13.2. The molecule has 2 aromatic carbocycles. The maximum absolute atomic E-state index is 12.1. The zero-order valence-electron chi connectivity index (χ0n) is 20.0. The van der Waals surface area contributed by atoms with Gasteiger partial charge in [0.05, 0.1) is 11.5 Å². The number of ketones is 1. The van der Waals surface area contributed by atoms with Gasteiger partial charge < -0.3 is 9.84 Å². The maximum Gasteiger partial charge on any atom is 0.159 e. The van der Waals surface area contributed by atoms with Gasteiger partial charge in [0.2, 0.25) is 0 Å². The summed E-state index contributed by atoms with van der Waals surface area (Å²) in [6.07, 6.45) is -0.211. The normalized spacial score (nSPS) is 18.9. The zero-order chi connectivity index (χ0) is 24.2. The Kier molecular flexibility index (Phi) is 7.98. The second-order valence-corrected chi connectivity index (χ2v) is 12.2. The van der Waals surface area contributed by atoms with Crippen LogP contribution >= 0.6 is 0 Å². The van der Waals surface area contributed by atoms with Gasteiger partial charge in [0, 0.05) is 24.7 Å². The van der Waals surface area contributed by atoms with Crippen LogP contribution in [0.25, 0.3) is 0 Å². The van der Waals surface area contributed by atoms with Gasteiger partial charge in [0.25, 0.3) is 0 Å². The number of Topliss-reactive ketones (excluding diaryl/α,β-unsaturated/α-hetero) is 1. The number of hydrogen-bond acceptors (Lipinski definition) is 6. The predicted octanol–water partition coefficient (Wildman–Crippen LogP) is 3.62. The molecule has 1 N–H and O–H groups in total. The average molecular weight is 474 g/mol. The largest absolute Gasteiger partial charge is 0.491 e. The Balaban J connectivity index is 1.65. The third kappa shape index (κ3) is 7.39. The van der Waals surface area contributed by atoms with Gasteiger partial charge >= 0.3 is 0 Å². The van der Waals surface area contributed by atoms with Crippen LogP contribution in [0, 0.1) is 0 Å². The molecule has 7 heteroatoms. The van der Waals surface area contributed by atoms with Crippen molar-refractivity contribution in [2.24, 2.45) is 0 Å². The second-order valence-electron chi connectivity index (χ2n) is 9.98. The molecule has 0 aliphatic carbocycles. The molecule has 3 rings (SSSR count). The number of rotatable bonds is 9. The highest BCUT2D eigenvalue weighted by molar-refractivity contribution is 7.91. The van der Waals surface area contributed by atoms with Crippen molar-refractivity contribution in [2.75, 3.05) is 24.7 Å². The number of carbonyl (C=O) groups excluding carboxylic acids is 1. The SMILES string of the molecule is CC(=O)c1ccc(OCC(O)CN(Cc2ccc(C(C)(C)C)cc2)C2CCS(=O)(=O)C2)cc1. The van der Waals surface area contributed by atoms with Crippen LogP contribution in [-0.4, -0.2) is 61.0 Å². The minimum Gasteiger partial charge on any atom is -0.491 e. The summed E-state index contributed by atoms with van der Waals surface area (Å²) in [5.74, 6) is 0.866. The average Bonchev–Trinajstić information content (AvgIpc) is 3.11. The van der Waals surface area contributed by atoms with Gasteiger partial charge in [-0.05, 0) is 54.2 Å². The Bertz CT molecular complexity index is 1040. The summed E-state index contributed by atoms with van der Waals surface area (Å²) in [4.78, 5) is 13.5. The molecule has 6 nitrogen and oxygen atoms in total. The molecule has 0 aromatic heterocycles. The monoisotopic (exact) mass is 473 g/mol. The number of aliphatic hydroxyl groups is 1. The minimum atomic E-state index is -3.04. The van der Waals surface area contributed by atoms with Crippen molar-refractivity contribution >= 4 is 15.6 Å². The highest BCUT2D eigenvalue weighted by Gasteiger charge is 2.33.